The van der Waals surface area contributed by atoms with E-state index < -0.39 is 0 Å². The highest BCUT2D eigenvalue weighted by Gasteiger charge is 2.31. The van der Waals surface area contributed by atoms with Crippen LogP contribution in [-0.4, -0.2) is 28.4 Å². The van der Waals surface area contributed by atoms with Gasteiger partial charge in [0.25, 0.3) is 5.91 Å². The molecule has 1 amide bonds. The third kappa shape index (κ3) is 3.22. The van der Waals surface area contributed by atoms with E-state index in [1.807, 2.05) is 0 Å². The van der Waals surface area contributed by atoms with Crippen LogP contribution in [0.15, 0.2) is 35.3 Å². The van der Waals surface area contributed by atoms with Crippen molar-refractivity contribution in [3.8, 4) is 0 Å². The maximum Gasteiger partial charge on any atom is 0.255 e. The van der Waals surface area contributed by atoms with Crippen LogP contribution in [0.3, 0.4) is 0 Å². The van der Waals surface area contributed by atoms with Gasteiger partial charge >= 0.3 is 0 Å². The molecule has 1 atom stereocenters. The van der Waals surface area contributed by atoms with Crippen LogP contribution in [0.2, 0.25) is 5.02 Å². The van der Waals surface area contributed by atoms with Crippen molar-refractivity contribution in [2.24, 2.45) is 0 Å². The summed E-state index contributed by atoms with van der Waals surface area (Å²) in [6.45, 7) is 2.36. The van der Waals surface area contributed by atoms with Gasteiger partial charge in [0.1, 0.15) is 5.82 Å². The zero-order chi connectivity index (χ0) is 17.3. The van der Waals surface area contributed by atoms with E-state index in [4.69, 9.17) is 11.6 Å². The van der Waals surface area contributed by atoms with Crippen molar-refractivity contribution < 1.29 is 9.18 Å². The fourth-order valence-electron chi connectivity index (χ4n) is 3.24. The molecular weight excluding hydrogens is 331 g/mol. The Morgan fingerprint density at radius 2 is 2.25 bits per heavy atom. The predicted octanol–water partition coefficient (Wildman–Crippen LogP) is 3.32. The van der Waals surface area contributed by atoms with E-state index in [-0.39, 0.29) is 23.3 Å². The van der Waals surface area contributed by atoms with Crippen LogP contribution >= 0.6 is 11.6 Å². The number of rotatable bonds is 3. The fraction of sp³-hybridized carbons (Fsp3) is 0.333. The molecule has 1 aromatic carbocycles. The van der Waals surface area contributed by atoms with E-state index in [1.165, 1.54) is 18.3 Å². The van der Waals surface area contributed by atoms with E-state index >= 15 is 0 Å². The monoisotopic (exact) mass is 348 g/mol. The van der Waals surface area contributed by atoms with E-state index in [2.05, 4.69) is 4.98 Å². The molecule has 24 heavy (non-hydrogen) atoms. The molecule has 3 rings (SSSR count). The summed E-state index contributed by atoms with van der Waals surface area (Å²) in [5.41, 5.74) is 1.32. The summed E-state index contributed by atoms with van der Waals surface area (Å²) in [5, 5.41) is 0.384. The molecule has 6 heteroatoms. The molecule has 2 heterocycles. The lowest BCUT2D eigenvalue weighted by Gasteiger charge is -2.26. The fourth-order valence-corrected chi connectivity index (χ4v) is 3.48. The molecule has 0 unspecified atom stereocenters. The summed E-state index contributed by atoms with van der Waals surface area (Å²) in [5.74, 6) is -0.485. The first-order chi connectivity index (χ1) is 11.5. The molecule has 0 radical (unpaired) electrons. The first-order valence-electron chi connectivity index (χ1n) is 7.90. The molecule has 4 nitrogen and oxygen atoms in total. The molecule has 126 valence electrons. The van der Waals surface area contributed by atoms with Gasteiger partial charge in [-0.15, -0.1) is 0 Å². The van der Waals surface area contributed by atoms with Crippen LogP contribution < -0.4 is 5.56 Å². The number of carbonyl (C=O) groups is 1. The smallest absolute Gasteiger partial charge is 0.255 e. The first-order valence-corrected chi connectivity index (χ1v) is 8.28. The summed E-state index contributed by atoms with van der Waals surface area (Å²) in [7, 11) is 0. The molecular formula is C18H18ClFN2O2. The number of likely N-dealkylation sites (tertiary alicyclic amines) is 1. The molecule has 1 aliphatic rings. The number of nitrogens with zero attached hydrogens (tertiary/aromatic N) is 1. The van der Waals surface area contributed by atoms with E-state index in [0.717, 1.165) is 12.8 Å². The van der Waals surface area contributed by atoms with Gasteiger partial charge in [-0.3, -0.25) is 9.59 Å². The van der Waals surface area contributed by atoms with Gasteiger partial charge in [-0.1, -0.05) is 17.7 Å². The van der Waals surface area contributed by atoms with Gasteiger partial charge in [-0.25, -0.2) is 4.39 Å². The van der Waals surface area contributed by atoms with Crippen molar-refractivity contribution in [2.75, 3.05) is 6.54 Å². The topological polar surface area (TPSA) is 53.2 Å². The normalized spacial score (nSPS) is 17.3. The highest BCUT2D eigenvalue weighted by atomic mass is 35.5. The number of aromatic amines is 1. The number of hydrogen-bond donors (Lipinski definition) is 1. The number of benzene rings is 1. The highest BCUT2D eigenvalue weighted by Crippen LogP contribution is 2.28. The minimum absolute atomic E-state index is 0.0989. The zero-order valence-corrected chi connectivity index (χ0v) is 14.1. The second kappa shape index (κ2) is 6.77. The standard InChI is InChI=1S/C18H18ClFN2O2/c1-11-8-17(23)21-10-14(11)18(24)22-7-3-4-12(22)9-13-15(19)5-2-6-16(13)20/h2,5-6,8,10,12H,3-4,7,9H2,1H3,(H,21,23)/t12-/m1/s1. The average molecular weight is 349 g/mol. The van der Waals surface area contributed by atoms with Gasteiger partial charge in [0.2, 0.25) is 5.56 Å². The number of amides is 1. The maximum atomic E-state index is 14.0. The number of nitrogens with one attached hydrogen (secondary N) is 1. The summed E-state index contributed by atoms with van der Waals surface area (Å²) in [6, 6.07) is 5.92. The second-order valence-corrected chi connectivity index (χ2v) is 6.50. The van der Waals surface area contributed by atoms with Crippen molar-refractivity contribution in [2.45, 2.75) is 32.2 Å². The van der Waals surface area contributed by atoms with Crippen LogP contribution in [0.5, 0.6) is 0 Å². The third-order valence-electron chi connectivity index (χ3n) is 4.50. The number of aromatic nitrogens is 1. The molecule has 0 saturated carbocycles. The lowest BCUT2D eigenvalue weighted by Crippen LogP contribution is -2.37. The lowest BCUT2D eigenvalue weighted by atomic mass is 10.0. The SMILES string of the molecule is Cc1cc(=O)[nH]cc1C(=O)N1CCC[C@@H]1Cc1c(F)cccc1Cl. The van der Waals surface area contributed by atoms with E-state index in [1.54, 1.807) is 24.0 Å². The van der Waals surface area contributed by atoms with Crippen molar-refractivity contribution in [1.29, 1.82) is 0 Å². The summed E-state index contributed by atoms with van der Waals surface area (Å²) in [6.07, 6.45) is 3.51. The van der Waals surface area contributed by atoms with Gasteiger partial charge in [-0.05, 0) is 43.9 Å². The van der Waals surface area contributed by atoms with Crippen molar-refractivity contribution in [3.63, 3.8) is 0 Å². The Labute approximate surface area is 144 Å². The number of aryl methyl sites for hydroxylation is 1. The second-order valence-electron chi connectivity index (χ2n) is 6.09. The number of halogens is 2. The summed E-state index contributed by atoms with van der Waals surface area (Å²) in [4.78, 5) is 28.5. The summed E-state index contributed by atoms with van der Waals surface area (Å²) >= 11 is 6.11. The Kier molecular flexibility index (Phi) is 4.71. The van der Waals surface area contributed by atoms with Crippen LogP contribution in [0.1, 0.15) is 34.3 Å². The Morgan fingerprint density at radius 1 is 1.46 bits per heavy atom. The largest absolute Gasteiger partial charge is 0.335 e. The summed E-state index contributed by atoms with van der Waals surface area (Å²) < 4.78 is 14.0. The van der Waals surface area contributed by atoms with Gasteiger partial charge in [0, 0.05) is 35.4 Å². The van der Waals surface area contributed by atoms with E-state index in [9.17, 15) is 14.0 Å². The quantitative estimate of drug-likeness (QED) is 0.925. The van der Waals surface area contributed by atoms with Gasteiger partial charge in [0.15, 0.2) is 0 Å². The van der Waals surface area contributed by atoms with E-state index in [0.29, 0.717) is 34.7 Å². The maximum absolute atomic E-state index is 14.0. The molecule has 1 N–H and O–H groups in total. The minimum Gasteiger partial charge on any atom is -0.335 e. The van der Waals surface area contributed by atoms with Crippen molar-refractivity contribution in [3.05, 3.63) is 68.3 Å². The van der Waals surface area contributed by atoms with Crippen LogP contribution in [0.4, 0.5) is 4.39 Å². The van der Waals surface area contributed by atoms with Gasteiger partial charge in [0.05, 0.1) is 5.56 Å². The average Bonchev–Trinajstić information content (AvgIpc) is 2.99. The molecule has 0 spiro atoms. The molecule has 0 bridgehead atoms. The number of pyridine rings is 1. The molecule has 1 aromatic heterocycles. The molecule has 1 fully saturated rings. The Hall–Kier alpha value is -2.14. The van der Waals surface area contributed by atoms with Gasteiger partial charge in [-0.2, -0.15) is 0 Å². The highest BCUT2D eigenvalue weighted by molar-refractivity contribution is 6.31. The Balaban J connectivity index is 1.85. The lowest BCUT2D eigenvalue weighted by molar-refractivity contribution is 0.0734. The molecule has 0 aliphatic carbocycles. The Morgan fingerprint density at radius 3 is 2.96 bits per heavy atom. The van der Waals surface area contributed by atoms with Crippen molar-refractivity contribution in [1.82, 2.24) is 9.88 Å². The number of carbonyl (C=O) groups excluding carboxylic acids is 1. The predicted molar refractivity (Wildman–Crippen MR) is 91.0 cm³/mol. The third-order valence-corrected chi connectivity index (χ3v) is 4.86. The first kappa shape index (κ1) is 16.7. The Bertz CT molecular complexity index is 814. The van der Waals surface area contributed by atoms with Crippen LogP contribution in [0, 0.1) is 12.7 Å². The van der Waals surface area contributed by atoms with Crippen LogP contribution in [-0.2, 0) is 6.42 Å². The van der Waals surface area contributed by atoms with Gasteiger partial charge < -0.3 is 9.88 Å². The number of hydrogen-bond acceptors (Lipinski definition) is 2. The minimum atomic E-state index is -0.345. The molecule has 2 aromatic rings. The van der Waals surface area contributed by atoms with Crippen LogP contribution in [0.25, 0.3) is 0 Å². The molecule has 1 saturated heterocycles. The van der Waals surface area contributed by atoms with Crippen molar-refractivity contribution >= 4 is 17.5 Å². The zero-order valence-electron chi connectivity index (χ0n) is 13.3. The molecule has 1 aliphatic heterocycles. The number of H-pyrrole nitrogens is 1.